The molecule has 4 nitrogen and oxygen atoms in total. The summed E-state index contributed by atoms with van der Waals surface area (Å²) in [4.78, 5) is 13.7. The highest BCUT2D eigenvalue weighted by Crippen LogP contribution is 2.21. The number of amides is 1. The normalized spacial score (nSPS) is 17.1. The van der Waals surface area contributed by atoms with Gasteiger partial charge in [0.25, 0.3) is 0 Å². The van der Waals surface area contributed by atoms with Crippen molar-refractivity contribution >= 4 is 11.6 Å². The minimum absolute atomic E-state index is 0.165. The van der Waals surface area contributed by atoms with Crippen LogP contribution >= 0.6 is 0 Å². The molecule has 1 N–H and O–H groups in total. The SMILES string of the molecule is COc1cccc(N2CCNCCC2=O)c1. The zero-order chi connectivity index (χ0) is 11.4. The third-order valence-corrected chi connectivity index (χ3v) is 2.69. The summed E-state index contributed by atoms with van der Waals surface area (Å²) in [5.74, 6) is 0.945. The summed E-state index contributed by atoms with van der Waals surface area (Å²) in [6.07, 6.45) is 0.553. The van der Waals surface area contributed by atoms with Gasteiger partial charge in [0, 0.05) is 37.8 Å². The van der Waals surface area contributed by atoms with E-state index in [4.69, 9.17) is 4.74 Å². The fourth-order valence-electron chi connectivity index (χ4n) is 1.82. The third-order valence-electron chi connectivity index (χ3n) is 2.69. The molecular formula is C12H16N2O2. The molecule has 1 aromatic carbocycles. The van der Waals surface area contributed by atoms with E-state index in [0.717, 1.165) is 24.5 Å². The van der Waals surface area contributed by atoms with Crippen molar-refractivity contribution in [3.8, 4) is 5.75 Å². The lowest BCUT2D eigenvalue weighted by molar-refractivity contribution is -0.118. The fourth-order valence-corrected chi connectivity index (χ4v) is 1.82. The molecule has 4 heteroatoms. The van der Waals surface area contributed by atoms with E-state index in [2.05, 4.69) is 5.32 Å². The second kappa shape index (κ2) is 4.99. The van der Waals surface area contributed by atoms with E-state index in [0.29, 0.717) is 13.0 Å². The van der Waals surface area contributed by atoms with Crippen LogP contribution in [0.2, 0.25) is 0 Å². The second-order valence-corrected chi connectivity index (χ2v) is 3.75. The van der Waals surface area contributed by atoms with Crippen LogP contribution in [-0.2, 0) is 4.79 Å². The Morgan fingerprint density at radius 2 is 2.25 bits per heavy atom. The van der Waals surface area contributed by atoms with Gasteiger partial charge in [-0.05, 0) is 12.1 Å². The zero-order valence-electron chi connectivity index (χ0n) is 9.40. The molecule has 1 saturated heterocycles. The zero-order valence-corrected chi connectivity index (χ0v) is 9.40. The third kappa shape index (κ3) is 2.33. The number of hydrogen-bond donors (Lipinski definition) is 1. The average Bonchev–Trinajstić information content (AvgIpc) is 2.54. The maximum Gasteiger partial charge on any atom is 0.228 e. The molecule has 1 aliphatic heterocycles. The van der Waals surface area contributed by atoms with Crippen molar-refractivity contribution in [3.63, 3.8) is 0 Å². The van der Waals surface area contributed by atoms with Gasteiger partial charge >= 0.3 is 0 Å². The van der Waals surface area contributed by atoms with Gasteiger partial charge in [0.15, 0.2) is 0 Å². The first-order chi connectivity index (χ1) is 7.81. The summed E-state index contributed by atoms with van der Waals surface area (Å²) in [5, 5.41) is 3.21. The van der Waals surface area contributed by atoms with Crippen LogP contribution < -0.4 is 15.0 Å². The van der Waals surface area contributed by atoms with E-state index in [9.17, 15) is 4.79 Å². The number of rotatable bonds is 2. The number of ether oxygens (including phenoxy) is 1. The van der Waals surface area contributed by atoms with E-state index in [1.54, 1.807) is 7.11 Å². The molecule has 1 amide bonds. The van der Waals surface area contributed by atoms with Crippen molar-refractivity contribution in [1.82, 2.24) is 5.32 Å². The van der Waals surface area contributed by atoms with Crippen molar-refractivity contribution in [2.24, 2.45) is 0 Å². The molecule has 0 spiro atoms. The Labute approximate surface area is 95.2 Å². The van der Waals surface area contributed by atoms with E-state index >= 15 is 0 Å². The van der Waals surface area contributed by atoms with Crippen molar-refractivity contribution < 1.29 is 9.53 Å². The maximum atomic E-state index is 11.9. The number of carbonyl (C=O) groups is 1. The molecule has 2 rings (SSSR count). The molecule has 0 radical (unpaired) electrons. The van der Waals surface area contributed by atoms with Crippen LogP contribution in [0.15, 0.2) is 24.3 Å². The van der Waals surface area contributed by atoms with Gasteiger partial charge in [-0.2, -0.15) is 0 Å². The summed E-state index contributed by atoms with van der Waals surface area (Å²) in [7, 11) is 1.63. The van der Waals surface area contributed by atoms with Crippen LogP contribution in [0, 0.1) is 0 Å². The van der Waals surface area contributed by atoms with Crippen LogP contribution in [-0.4, -0.2) is 32.7 Å². The molecule has 1 aliphatic rings. The maximum absolute atomic E-state index is 11.9. The van der Waals surface area contributed by atoms with E-state index in [1.807, 2.05) is 29.2 Å². The Morgan fingerprint density at radius 3 is 3.06 bits per heavy atom. The van der Waals surface area contributed by atoms with Gasteiger partial charge in [-0.15, -0.1) is 0 Å². The summed E-state index contributed by atoms with van der Waals surface area (Å²) >= 11 is 0. The molecule has 0 atom stereocenters. The van der Waals surface area contributed by atoms with Gasteiger partial charge < -0.3 is 15.0 Å². The Morgan fingerprint density at radius 1 is 1.38 bits per heavy atom. The molecule has 0 saturated carbocycles. The molecule has 0 unspecified atom stereocenters. The second-order valence-electron chi connectivity index (χ2n) is 3.75. The van der Waals surface area contributed by atoms with Crippen molar-refractivity contribution in [2.75, 3.05) is 31.6 Å². The lowest BCUT2D eigenvalue weighted by Crippen LogP contribution is -2.32. The van der Waals surface area contributed by atoms with Crippen LogP contribution in [0.1, 0.15) is 6.42 Å². The molecule has 1 aromatic rings. The number of carbonyl (C=O) groups excluding carboxylic acids is 1. The molecule has 1 heterocycles. The predicted octanol–water partition coefficient (Wildman–Crippen LogP) is 1.02. The predicted molar refractivity (Wildman–Crippen MR) is 62.8 cm³/mol. The molecule has 1 fully saturated rings. The number of methoxy groups -OCH3 is 1. The van der Waals surface area contributed by atoms with Gasteiger partial charge in [-0.25, -0.2) is 0 Å². The number of nitrogens with zero attached hydrogens (tertiary/aromatic N) is 1. The van der Waals surface area contributed by atoms with Crippen LogP contribution in [0.5, 0.6) is 5.75 Å². The van der Waals surface area contributed by atoms with E-state index < -0.39 is 0 Å². The quantitative estimate of drug-likeness (QED) is 0.809. The Bertz CT molecular complexity index is 379. The van der Waals surface area contributed by atoms with Crippen LogP contribution in [0.3, 0.4) is 0 Å². The van der Waals surface area contributed by atoms with Gasteiger partial charge in [0.05, 0.1) is 7.11 Å². The minimum Gasteiger partial charge on any atom is -0.497 e. The molecule has 0 aliphatic carbocycles. The van der Waals surface area contributed by atoms with Crippen LogP contribution in [0.25, 0.3) is 0 Å². The number of nitrogens with one attached hydrogen (secondary N) is 1. The lowest BCUT2D eigenvalue weighted by Gasteiger charge is -2.20. The highest BCUT2D eigenvalue weighted by Gasteiger charge is 2.17. The first-order valence-electron chi connectivity index (χ1n) is 5.46. The highest BCUT2D eigenvalue weighted by molar-refractivity contribution is 5.93. The van der Waals surface area contributed by atoms with Crippen LogP contribution in [0.4, 0.5) is 5.69 Å². The van der Waals surface area contributed by atoms with E-state index in [1.165, 1.54) is 0 Å². The van der Waals surface area contributed by atoms with E-state index in [-0.39, 0.29) is 5.91 Å². The summed E-state index contributed by atoms with van der Waals surface area (Å²) < 4.78 is 5.16. The smallest absolute Gasteiger partial charge is 0.228 e. The summed E-state index contributed by atoms with van der Waals surface area (Å²) in [5.41, 5.74) is 0.910. The standard InChI is InChI=1S/C12H16N2O2/c1-16-11-4-2-3-10(9-11)14-8-7-13-6-5-12(14)15/h2-4,9,13H,5-8H2,1H3. The van der Waals surface area contributed by atoms with Crippen molar-refractivity contribution in [2.45, 2.75) is 6.42 Å². The topological polar surface area (TPSA) is 41.6 Å². The molecule has 86 valence electrons. The van der Waals surface area contributed by atoms with Crippen molar-refractivity contribution in [3.05, 3.63) is 24.3 Å². The first-order valence-corrected chi connectivity index (χ1v) is 5.46. The highest BCUT2D eigenvalue weighted by atomic mass is 16.5. The van der Waals surface area contributed by atoms with Gasteiger partial charge in [-0.3, -0.25) is 4.79 Å². The molecule has 0 aromatic heterocycles. The number of benzene rings is 1. The minimum atomic E-state index is 0.165. The molecule has 16 heavy (non-hydrogen) atoms. The first kappa shape index (κ1) is 11.0. The number of hydrogen-bond acceptors (Lipinski definition) is 3. The van der Waals surface area contributed by atoms with Gasteiger partial charge in [0.1, 0.15) is 5.75 Å². The average molecular weight is 220 g/mol. The van der Waals surface area contributed by atoms with Gasteiger partial charge in [0.2, 0.25) is 5.91 Å². The Balaban J connectivity index is 2.23. The van der Waals surface area contributed by atoms with Gasteiger partial charge in [-0.1, -0.05) is 6.07 Å². The number of anilines is 1. The molecule has 0 bridgehead atoms. The lowest BCUT2D eigenvalue weighted by atomic mass is 10.2. The largest absolute Gasteiger partial charge is 0.497 e. The van der Waals surface area contributed by atoms with Crippen molar-refractivity contribution in [1.29, 1.82) is 0 Å². The fraction of sp³-hybridized carbons (Fsp3) is 0.417. The summed E-state index contributed by atoms with van der Waals surface area (Å²) in [6, 6.07) is 7.61. The summed E-state index contributed by atoms with van der Waals surface area (Å²) in [6.45, 7) is 2.31. The molecular weight excluding hydrogens is 204 g/mol. The monoisotopic (exact) mass is 220 g/mol. The Kier molecular flexibility index (Phi) is 3.41. The Hall–Kier alpha value is -1.55.